The minimum Gasteiger partial charge on any atom is -0.350 e. The van der Waals surface area contributed by atoms with E-state index in [-0.39, 0.29) is 24.6 Å². The van der Waals surface area contributed by atoms with Crippen LogP contribution in [0.15, 0.2) is 0 Å². The van der Waals surface area contributed by atoms with Gasteiger partial charge in [-0.25, -0.2) is 0 Å². The highest BCUT2D eigenvalue weighted by atomic mass is 32.2. The van der Waals surface area contributed by atoms with Crippen molar-refractivity contribution in [2.24, 2.45) is 5.92 Å². The Bertz CT molecular complexity index is 379. The smallest absolute Gasteiger partial charge is 0.242 e. The Morgan fingerprint density at radius 1 is 1.25 bits per heavy atom. The molecule has 3 saturated heterocycles. The molecule has 0 atom stereocenters. The molecule has 6 nitrogen and oxygen atoms in total. The number of carbonyl (C=O) groups is 2. The predicted molar refractivity (Wildman–Crippen MR) is 74.0 cm³/mol. The van der Waals surface area contributed by atoms with Gasteiger partial charge in [0.1, 0.15) is 6.54 Å². The van der Waals surface area contributed by atoms with Crippen LogP contribution in [-0.2, 0) is 19.1 Å². The molecule has 0 aromatic rings. The lowest BCUT2D eigenvalue weighted by molar-refractivity contribution is -0.141. The molecule has 3 heterocycles. The number of hydrogen-bond donors (Lipinski definition) is 0. The number of piperidine rings is 1. The van der Waals surface area contributed by atoms with Gasteiger partial charge in [0.05, 0.1) is 24.8 Å². The molecular weight excluding hydrogens is 280 g/mol. The van der Waals surface area contributed by atoms with Crippen LogP contribution in [0.2, 0.25) is 0 Å². The molecule has 0 aromatic heterocycles. The molecular formula is C13H20N2O4S. The third kappa shape index (κ3) is 3.10. The molecule has 112 valence electrons. The first-order valence-corrected chi connectivity index (χ1v) is 8.26. The molecule has 0 unspecified atom stereocenters. The van der Waals surface area contributed by atoms with Gasteiger partial charge in [-0.3, -0.25) is 9.59 Å². The highest BCUT2D eigenvalue weighted by molar-refractivity contribution is 8.00. The number of thioether (sulfide) groups is 1. The number of rotatable bonds is 3. The normalized spacial score (nSPS) is 25.7. The number of hydrogen-bond acceptors (Lipinski definition) is 5. The maximum Gasteiger partial charge on any atom is 0.242 e. The minimum absolute atomic E-state index is 0.0626. The molecule has 0 radical (unpaired) electrons. The molecule has 0 N–H and O–H groups in total. The highest BCUT2D eigenvalue weighted by Crippen LogP contribution is 2.26. The predicted octanol–water partition coefficient (Wildman–Crippen LogP) is 0.131. The van der Waals surface area contributed by atoms with Crippen molar-refractivity contribution in [2.45, 2.75) is 19.1 Å². The van der Waals surface area contributed by atoms with Gasteiger partial charge in [0.25, 0.3) is 0 Å². The molecule has 0 bridgehead atoms. The van der Waals surface area contributed by atoms with E-state index in [2.05, 4.69) is 0 Å². The third-order valence-corrected chi connectivity index (χ3v) is 5.02. The second kappa shape index (κ2) is 6.32. The molecule has 0 spiro atoms. The topological polar surface area (TPSA) is 59.1 Å². The summed E-state index contributed by atoms with van der Waals surface area (Å²) in [5.41, 5.74) is 0. The standard InChI is InChI=1S/C13H20N2O4S/c16-11(7-15-9-20-8-12(15)17)14-3-1-10(2-4-14)13-18-5-6-19-13/h10,13H,1-9H2. The van der Waals surface area contributed by atoms with Gasteiger partial charge in [-0.2, -0.15) is 0 Å². The van der Waals surface area contributed by atoms with Crippen molar-refractivity contribution in [1.29, 1.82) is 0 Å². The van der Waals surface area contributed by atoms with Crippen LogP contribution < -0.4 is 0 Å². The number of nitrogens with zero attached hydrogens (tertiary/aromatic N) is 2. The van der Waals surface area contributed by atoms with Gasteiger partial charge in [0.15, 0.2) is 6.29 Å². The molecule has 3 fully saturated rings. The van der Waals surface area contributed by atoms with E-state index in [4.69, 9.17) is 9.47 Å². The van der Waals surface area contributed by atoms with Gasteiger partial charge in [-0.1, -0.05) is 0 Å². The zero-order valence-corrected chi connectivity index (χ0v) is 12.3. The molecule has 3 aliphatic heterocycles. The van der Waals surface area contributed by atoms with Crippen LogP contribution >= 0.6 is 11.8 Å². The van der Waals surface area contributed by atoms with Gasteiger partial charge in [-0.15, -0.1) is 11.8 Å². The maximum atomic E-state index is 12.2. The van der Waals surface area contributed by atoms with Crippen LogP contribution in [-0.4, -0.2) is 72.4 Å². The van der Waals surface area contributed by atoms with Crippen LogP contribution in [0.3, 0.4) is 0 Å². The average Bonchev–Trinajstić information content (AvgIpc) is 3.12. The number of amides is 2. The monoisotopic (exact) mass is 300 g/mol. The molecule has 0 aliphatic carbocycles. The summed E-state index contributed by atoms with van der Waals surface area (Å²) in [4.78, 5) is 27.2. The van der Waals surface area contributed by atoms with Crippen molar-refractivity contribution >= 4 is 23.6 Å². The Morgan fingerprint density at radius 3 is 2.55 bits per heavy atom. The van der Waals surface area contributed by atoms with Gasteiger partial charge < -0.3 is 19.3 Å². The van der Waals surface area contributed by atoms with E-state index in [9.17, 15) is 9.59 Å². The summed E-state index contributed by atoms with van der Waals surface area (Å²) < 4.78 is 11.1. The van der Waals surface area contributed by atoms with E-state index < -0.39 is 0 Å². The van der Waals surface area contributed by atoms with Crippen LogP contribution in [0.5, 0.6) is 0 Å². The Hall–Kier alpha value is -0.790. The second-order valence-electron chi connectivity index (χ2n) is 5.40. The lowest BCUT2D eigenvalue weighted by atomic mass is 9.96. The van der Waals surface area contributed by atoms with Crippen LogP contribution in [0.25, 0.3) is 0 Å². The van der Waals surface area contributed by atoms with Crippen molar-refractivity contribution in [3.8, 4) is 0 Å². The van der Waals surface area contributed by atoms with Gasteiger partial charge in [-0.05, 0) is 12.8 Å². The summed E-state index contributed by atoms with van der Waals surface area (Å²) in [6.07, 6.45) is 1.75. The van der Waals surface area contributed by atoms with Crippen molar-refractivity contribution in [1.82, 2.24) is 9.80 Å². The summed E-state index contributed by atoms with van der Waals surface area (Å²) in [7, 11) is 0. The first-order chi connectivity index (χ1) is 9.74. The van der Waals surface area contributed by atoms with Gasteiger partial charge in [0, 0.05) is 19.0 Å². The summed E-state index contributed by atoms with van der Waals surface area (Å²) in [6, 6.07) is 0. The molecule has 0 aromatic carbocycles. The Morgan fingerprint density at radius 2 is 1.95 bits per heavy atom. The molecule has 7 heteroatoms. The zero-order valence-electron chi connectivity index (χ0n) is 11.5. The molecule has 0 saturated carbocycles. The van der Waals surface area contributed by atoms with Crippen molar-refractivity contribution in [3.63, 3.8) is 0 Å². The first kappa shape index (κ1) is 14.2. The van der Waals surface area contributed by atoms with Crippen molar-refractivity contribution < 1.29 is 19.1 Å². The lowest BCUT2D eigenvalue weighted by Crippen LogP contribution is -2.46. The van der Waals surface area contributed by atoms with E-state index in [1.165, 1.54) is 0 Å². The summed E-state index contributed by atoms with van der Waals surface area (Å²) in [6.45, 7) is 3.06. The quantitative estimate of drug-likeness (QED) is 0.741. The number of likely N-dealkylation sites (tertiary alicyclic amines) is 1. The van der Waals surface area contributed by atoms with Crippen molar-refractivity contribution in [2.75, 3.05) is 44.5 Å². The van der Waals surface area contributed by atoms with E-state index in [1.54, 1.807) is 16.7 Å². The minimum atomic E-state index is -0.0798. The SMILES string of the molecule is O=C(CN1CSCC1=O)N1CCC(C2OCCO2)CC1. The van der Waals surface area contributed by atoms with Gasteiger partial charge in [0.2, 0.25) is 11.8 Å². The van der Waals surface area contributed by atoms with E-state index in [0.29, 0.717) is 30.8 Å². The molecule has 20 heavy (non-hydrogen) atoms. The summed E-state index contributed by atoms with van der Waals surface area (Å²) in [5, 5.41) is 0. The molecule has 3 rings (SSSR count). The highest BCUT2D eigenvalue weighted by Gasteiger charge is 2.32. The van der Waals surface area contributed by atoms with Crippen LogP contribution in [0.4, 0.5) is 0 Å². The Kier molecular flexibility index (Phi) is 4.48. The summed E-state index contributed by atoms with van der Waals surface area (Å²) >= 11 is 1.57. The fourth-order valence-electron chi connectivity index (χ4n) is 2.87. The number of carbonyl (C=O) groups excluding carboxylic acids is 2. The summed E-state index contributed by atoms with van der Waals surface area (Å²) in [5.74, 6) is 1.68. The van der Waals surface area contributed by atoms with Crippen LogP contribution in [0, 0.1) is 5.92 Å². The zero-order chi connectivity index (χ0) is 13.9. The second-order valence-corrected chi connectivity index (χ2v) is 6.35. The third-order valence-electron chi connectivity index (χ3n) is 4.08. The average molecular weight is 300 g/mol. The fourth-order valence-corrected chi connectivity index (χ4v) is 3.78. The first-order valence-electron chi connectivity index (χ1n) is 7.10. The van der Waals surface area contributed by atoms with Crippen molar-refractivity contribution in [3.05, 3.63) is 0 Å². The van der Waals surface area contributed by atoms with Gasteiger partial charge >= 0.3 is 0 Å². The number of ether oxygens (including phenoxy) is 2. The van der Waals surface area contributed by atoms with Crippen LogP contribution in [0.1, 0.15) is 12.8 Å². The van der Waals surface area contributed by atoms with E-state index in [0.717, 1.165) is 25.9 Å². The maximum absolute atomic E-state index is 12.2. The molecule has 2 amide bonds. The largest absolute Gasteiger partial charge is 0.350 e. The molecule has 3 aliphatic rings. The lowest BCUT2D eigenvalue weighted by Gasteiger charge is -2.34. The Balaban J connectivity index is 1.45. The fraction of sp³-hybridized carbons (Fsp3) is 0.846. The van der Waals surface area contributed by atoms with E-state index in [1.807, 2.05) is 4.90 Å². The Labute approximate surface area is 122 Å². The van der Waals surface area contributed by atoms with E-state index >= 15 is 0 Å².